The second kappa shape index (κ2) is 6.72. The second-order valence-corrected chi connectivity index (χ2v) is 6.41. The van der Waals surface area contributed by atoms with Gasteiger partial charge in [0.15, 0.2) is 0 Å². The van der Waals surface area contributed by atoms with Crippen molar-refractivity contribution in [1.29, 1.82) is 0 Å². The maximum Gasteiger partial charge on any atom is 0.226 e. The zero-order valence-corrected chi connectivity index (χ0v) is 12.6. The summed E-state index contributed by atoms with van der Waals surface area (Å²) in [4.78, 5) is 15.9. The smallest absolute Gasteiger partial charge is 0.226 e. The highest BCUT2D eigenvalue weighted by Gasteiger charge is 2.09. The summed E-state index contributed by atoms with van der Waals surface area (Å²) in [6.07, 6.45) is 1.97. The van der Waals surface area contributed by atoms with Crippen LogP contribution in [0.3, 0.4) is 0 Å². The first kappa shape index (κ1) is 14.1. The van der Waals surface area contributed by atoms with Gasteiger partial charge in [-0.2, -0.15) is 0 Å². The SMILES string of the molecule is CC(C)Cc1nnc(NC(=O)CCc2cscn2)s1. The predicted molar refractivity (Wildman–Crippen MR) is 77.5 cm³/mol. The molecule has 0 aliphatic heterocycles. The summed E-state index contributed by atoms with van der Waals surface area (Å²) in [5.41, 5.74) is 2.73. The van der Waals surface area contributed by atoms with Gasteiger partial charge in [0.1, 0.15) is 5.01 Å². The molecule has 1 amide bonds. The molecule has 0 aromatic carbocycles. The Morgan fingerprint density at radius 2 is 2.26 bits per heavy atom. The quantitative estimate of drug-likeness (QED) is 0.890. The summed E-state index contributed by atoms with van der Waals surface area (Å²) < 4.78 is 0. The number of aryl methyl sites for hydroxylation is 1. The average Bonchev–Trinajstić information content (AvgIpc) is 2.97. The number of rotatable bonds is 6. The Labute approximate surface area is 120 Å². The van der Waals surface area contributed by atoms with Crippen LogP contribution < -0.4 is 5.32 Å². The van der Waals surface area contributed by atoms with Crippen LogP contribution in [0.2, 0.25) is 0 Å². The molecule has 2 heterocycles. The number of hydrogen-bond donors (Lipinski definition) is 1. The molecule has 0 bridgehead atoms. The Bertz CT molecular complexity index is 522. The fourth-order valence-corrected chi connectivity index (χ4v) is 3.08. The van der Waals surface area contributed by atoms with Gasteiger partial charge in [-0.05, 0) is 12.3 Å². The van der Waals surface area contributed by atoms with Gasteiger partial charge in [0.25, 0.3) is 0 Å². The van der Waals surface area contributed by atoms with E-state index < -0.39 is 0 Å². The number of carbonyl (C=O) groups excluding carboxylic acids is 1. The van der Waals surface area contributed by atoms with Crippen molar-refractivity contribution < 1.29 is 4.79 Å². The molecule has 5 nitrogen and oxygen atoms in total. The molecular formula is C12H16N4OS2. The largest absolute Gasteiger partial charge is 0.301 e. The van der Waals surface area contributed by atoms with Crippen LogP contribution >= 0.6 is 22.7 Å². The molecule has 2 aromatic rings. The van der Waals surface area contributed by atoms with Crippen LogP contribution in [0.4, 0.5) is 5.13 Å². The first-order chi connectivity index (χ1) is 9.13. The van der Waals surface area contributed by atoms with E-state index in [1.807, 2.05) is 5.38 Å². The van der Waals surface area contributed by atoms with Gasteiger partial charge in [0.05, 0.1) is 11.2 Å². The maximum atomic E-state index is 11.7. The van der Waals surface area contributed by atoms with Crippen LogP contribution in [0.1, 0.15) is 31.0 Å². The van der Waals surface area contributed by atoms with Crippen LogP contribution in [-0.4, -0.2) is 21.1 Å². The maximum absolute atomic E-state index is 11.7. The van der Waals surface area contributed by atoms with E-state index >= 15 is 0 Å². The molecule has 0 saturated heterocycles. The molecule has 0 aliphatic carbocycles. The lowest BCUT2D eigenvalue weighted by molar-refractivity contribution is -0.116. The fourth-order valence-electron chi connectivity index (χ4n) is 1.52. The van der Waals surface area contributed by atoms with Gasteiger partial charge in [-0.25, -0.2) is 4.98 Å². The molecule has 7 heteroatoms. The van der Waals surface area contributed by atoms with Crippen molar-refractivity contribution in [3.63, 3.8) is 0 Å². The van der Waals surface area contributed by atoms with E-state index in [4.69, 9.17) is 0 Å². The van der Waals surface area contributed by atoms with Crippen LogP contribution in [0.5, 0.6) is 0 Å². The third-order valence-corrected chi connectivity index (χ3v) is 3.88. The van der Waals surface area contributed by atoms with Crippen molar-refractivity contribution in [2.45, 2.75) is 33.1 Å². The predicted octanol–water partition coefficient (Wildman–Crippen LogP) is 2.76. The van der Waals surface area contributed by atoms with Crippen molar-refractivity contribution >= 4 is 33.7 Å². The molecule has 2 rings (SSSR count). The number of nitrogens with one attached hydrogen (secondary N) is 1. The van der Waals surface area contributed by atoms with Gasteiger partial charge in [-0.3, -0.25) is 4.79 Å². The van der Waals surface area contributed by atoms with Gasteiger partial charge in [-0.1, -0.05) is 25.2 Å². The van der Waals surface area contributed by atoms with Gasteiger partial charge >= 0.3 is 0 Å². The van der Waals surface area contributed by atoms with Crippen LogP contribution in [0, 0.1) is 5.92 Å². The van der Waals surface area contributed by atoms with E-state index in [1.165, 1.54) is 11.3 Å². The average molecular weight is 296 g/mol. The summed E-state index contributed by atoms with van der Waals surface area (Å²) in [5.74, 6) is 0.501. The molecule has 0 unspecified atom stereocenters. The molecular weight excluding hydrogens is 280 g/mol. The standard InChI is InChI=1S/C12H16N4OS2/c1-8(2)5-11-15-16-12(19-11)14-10(17)4-3-9-6-18-7-13-9/h6-8H,3-5H2,1-2H3,(H,14,16,17). The molecule has 0 aliphatic rings. The fraction of sp³-hybridized carbons (Fsp3) is 0.500. The number of nitrogens with zero attached hydrogens (tertiary/aromatic N) is 3. The minimum Gasteiger partial charge on any atom is -0.301 e. The van der Waals surface area contributed by atoms with E-state index in [9.17, 15) is 4.79 Å². The molecule has 0 saturated carbocycles. The Morgan fingerprint density at radius 3 is 2.95 bits per heavy atom. The highest BCUT2D eigenvalue weighted by atomic mass is 32.1. The van der Waals surface area contributed by atoms with Crippen molar-refractivity contribution in [2.75, 3.05) is 5.32 Å². The molecule has 102 valence electrons. The lowest BCUT2D eigenvalue weighted by Gasteiger charge is -1.99. The lowest BCUT2D eigenvalue weighted by Crippen LogP contribution is -2.12. The van der Waals surface area contributed by atoms with Gasteiger partial charge in [0, 0.05) is 18.2 Å². The van der Waals surface area contributed by atoms with Crippen molar-refractivity contribution in [3.8, 4) is 0 Å². The summed E-state index contributed by atoms with van der Waals surface area (Å²) in [5, 5.41) is 14.3. The minimum absolute atomic E-state index is 0.0414. The minimum atomic E-state index is -0.0414. The van der Waals surface area contributed by atoms with Crippen LogP contribution in [-0.2, 0) is 17.6 Å². The Hall–Kier alpha value is -1.34. The lowest BCUT2D eigenvalue weighted by atomic mass is 10.1. The third-order valence-electron chi connectivity index (χ3n) is 2.39. The zero-order chi connectivity index (χ0) is 13.7. The summed E-state index contributed by atoms with van der Waals surface area (Å²) >= 11 is 2.99. The third kappa shape index (κ3) is 4.68. The Morgan fingerprint density at radius 1 is 1.42 bits per heavy atom. The van der Waals surface area contributed by atoms with Gasteiger partial charge in [-0.15, -0.1) is 21.5 Å². The first-order valence-electron chi connectivity index (χ1n) is 6.13. The molecule has 0 spiro atoms. The first-order valence-corrected chi connectivity index (χ1v) is 7.88. The topological polar surface area (TPSA) is 67.8 Å². The highest BCUT2D eigenvalue weighted by Crippen LogP contribution is 2.18. The van der Waals surface area contributed by atoms with Gasteiger partial charge < -0.3 is 5.32 Å². The summed E-state index contributed by atoms with van der Waals surface area (Å²) in [6.45, 7) is 4.26. The zero-order valence-electron chi connectivity index (χ0n) is 10.9. The number of aromatic nitrogens is 3. The van der Waals surface area contributed by atoms with E-state index in [0.29, 0.717) is 23.9 Å². The van der Waals surface area contributed by atoms with Crippen molar-refractivity contribution in [3.05, 3.63) is 21.6 Å². The summed E-state index contributed by atoms with van der Waals surface area (Å²) in [7, 11) is 0. The normalized spacial score (nSPS) is 10.9. The van der Waals surface area contributed by atoms with Crippen molar-refractivity contribution in [1.82, 2.24) is 15.2 Å². The van der Waals surface area contributed by atoms with Crippen LogP contribution in [0.25, 0.3) is 0 Å². The summed E-state index contributed by atoms with van der Waals surface area (Å²) in [6, 6.07) is 0. The van der Waals surface area contributed by atoms with Crippen LogP contribution in [0.15, 0.2) is 10.9 Å². The number of amides is 1. The number of thiazole rings is 1. The van der Waals surface area contributed by atoms with E-state index in [1.54, 1.807) is 16.8 Å². The molecule has 0 radical (unpaired) electrons. The number of carbonyl (C=O) groups is 1. The number of anilines is 1. The molecule has 1 N–H and O–H groups in total. The highest BCUT2D eigenvalue weighted by molar-refractivity contribution is 7.15. The second-order valence-electron chi connectivity index (χ2n) is 4.63. The molecule has 2 aromatic heterocycles. The van der Waals surface area contributed by atoms with Gasteiger partial charge in [0.2, 0.25) is 11.0 Å². The molecule has 0 fully saturated rings. The molecule has 0 atom stereocenters. The van der Waals surface area contributed by atoms with E-state index in [2.05, 4.69) is 34.3 Å². The van der Waals surface area contributed by atoms with E-state index in [-0.39, 0.29) is 5.91 Å². The molecule has 19 heavy (non-hydrogen) atoms. The van der Waals surface area contributed by atoms with Crippen molar-refractivity contribution in [2.24, 2.45) is 5.92 Å². The monoisotopic (exact) mass is 296 g/mol. The van der Waals surface area contributed by atoms with E-state index in [0.717, 1.165) is 17.1 Å². The number of hydrogen-bond acceptors (Lipinski definition) is 6. The Kier molecular flexibility index (Phi) is 4.98. The Balaban J connectivity index is 1.80.